The molecule has 4 aromatic carbocycles. The molecule has 0 atom stereocenters. The fourth-order valence-corrected chi connectivity index (χ4v) is 7.13. The molecule has 0 spiro atoms. The van der Waals surface area contributed by atoms with Gasteiger partial charge in [-0.05, 0) is 60.2 Å². The van der Waals surface area contributed by atoms with Gasteiger partial charge in [0.1, 0.15) is 0 Å². The molecule has 0 aliphatic carbocycles. The highest BCUT2D eigenvalue weighted by molar-refractivity contribution is 8.00. The highest BCUT2D eigenvalue weighted by Gasteiger charge is 2.18. The number of carbonyl (C=O) groups is 1. The molecule has 0 aliphatic rings. The molecule has 1 N–H and O–H groups in total. The van der Waals surface area contributed by atoms with Crippen LogP contribution in [0.5, 0.6) is 0 Å². The number of hydrogen-bond donors (Lipinski definition) is 1. The molecule has 0 saturated heterocycles. The molecule has 6 rings (SSSR count). The summed E-state index contributed by atoms with van der Waals surface area (Å²) in [6, 6.07) is 29.3. The summed E-state index contributed by atoms with van der Waals surface area (Å²) in [5, 5.41) is 23.9. The second-order valence-electron chi connectivity index (χ2n) is 9.20. The third kappa shape index (κ3) is 6.89. The van der Waals surface area contributed by atoms with E-state index in [1.54, 1.807) is 23.9 Å². The van der Waals surface area contributed by atoms with Gasteiger partial charge < -0.3 is 5.32 Å². The topological polar surface area (TPSA) is 116 Å². The van der Waals surface area contributed by atoms with E-state index in [9.17, 15) is 14.9 Å². The van der Waals surface area contributed by atoms with E-state index in [4.69, 9.17) is 11.6 Å². The number of aromatic nitrogens is 4. The van der Waals surface area contributed by atoms with Gasteiger partial charge in [-0.25, -0.2) is 4.98 Å². The van der Waals surface area contributed by atoms with Gasteiger partial charge in [0.2, 0.25) is 5.91 Å². The summed E-state index contributed by atoms with van der Waals surface area (Å²) in [4.78, 5) is 28.1. The average molecular weight is 645 g/mol. The lowest BCUT2D eigenvalue weighted by Crippen LogP contribution is -2.14. The summed E-state index contributed by atoms with van der Waals surface area (Å²) in [7, 11) is 0. The van der Waals surface area contributed by atoms with Gasteiger partial charge in [0.15, 0.2) is 15.3 Å². The molecule has 6 aromatic rings. The average Bonchev–Trinajstić information content (AvgIpc) is 3.64. The van der Waals surface area contributed by atoms with Crippen LogP contribution in [0.25, 0.3) is 27.3 Å². The number of carbonyl (C=O) groups excluding carboxylic acids is 1. The van der Waals surface area contributed by atoms with E-state index in [0.717, 1.165) is 31.4 Å². The molecular weight excluding hydrogens is 624 g/mol. The Kier molecular flexibility index (Phi) is 8.70. The van der Waals surface area contributed by atoms with Crippen molar-refractivity contribution >= 4 is 74.0 Å². The van der Waals surface area contributed by atoms with Crippen LogP contribution < -0.4 is 5.32 Å². The number of amides is 1. The molecule has 1 amide bonds. The number of non-ortho nitro benzene ring substituents is 1. The molecule has 13 heteroatoms. The molecule has 0 radical (unpaired) electrons. The molecule has 0 saturated carbocycles. The van der Waals surface area contributed by atoms with Crippen molar-refractivity contribution in [1.29, 1.82) is 0 Å². The quantitative estimate of drug-likeness (QED) is 0.0903. The van der Waals surface area contributed by atoms with E-state index in [1.165, 1.54) is 35.2 Å². The van der Waals surface area contributed by atoms with Crippen LogP contribution in [0.3, 0.4) is 0 Å². The van der Waals surface area contributed by atoms with Crippen molar-refractivity contribution in [3.8, 4) is 17.1 Å². The molecule has 0 fully saturated rings. The molecular formula is C30H21ClN6O3S3. The van der Waals surface area contributed by atoms with Crippen molar-refractivity contribution in [3.63, 3.8) is 0 Å². The second-order valence-corrected chi connectivity index (χ2v) is 12.8. The summed E-state index contributed by atoms with van der Waals surface area (Å²) >= 11 is 10.5. The molecule has 43 heavy (non-hydrogen) atoms. The van der Waals surface area contributed by atoms with Crippen LogP contribution in [-0.4, -0.2) is 36.3 Å². The molecule has 2 heterocycles. The lowest BCUT2D eigenvalue weighted by Gasteiger charge is -2.10. The standard InChI is InChI=1S/C30H21ClN6O3S3/c31-21-10-8-20(9-11-21)28-34-35-29(36(28)23-4-2-1-3-5-23)41-18-27(38)32-22-12-15-25-26(16-22)43-30(33-25)42-17-19-6-13-24(14-7-19)37(39)40/h1-16H,17-18H2,(H,32,38). The van der Waals surface area contributed by atoms with Gasteiger partial charge >= 0.3 is 0 Å². The zero-order chi connectivity index (χ0) is 29.8. The van der Waals surface area contributed by atoms with Crippen LogP contribution >= 0.6 is 46.5 Å². The Bertz CT molecular complexity index is 1910. The number of halogens is 1. The van der Waals surface area contributed by atoms with Crippen molar-refractivity contribution in [3.05, 3.63) is 118 Å². The Hall–Kier alpha value is -4.23. The molecule has 9 nitrogen and oxygen atoms in total. The number of nitrogens with one attached hydrogen (secondary N) is 1. The monoisotopic (exact) mass is 644 g/mol. The largest absolute Gasteiger partial charge is 0.325 e. The number of benzene rings is 4. The predicted octanol–water partition coefficient (Wildman–Crippen LogP) is 8.13. The van der Waals surface area contributed by atoms with Gasteiger partial charge in [-0.3, -0.25) is 19.5 Å². The van der Waals surface area contributed by atoms with Gasteiger partial charge in [0.05, 0.1) is 20.9 Å². The van der Waals surface area contributed by atoms with E-state index >= 15 is 0 Å². The highest BCUT2D eigenvalue weighted by atomic mass is 35.5. The number of anilines is 1. The van der Waals surface area contributed by atoms with Crippen LogP contribution in [0.15, 0.2) is 107 Å². The molecule has 0 unspecified atom stereocenters. The summed E-state index contributed by atoms with van der Waals surface area (Å²) < 4.78 is 3.76. The molecule has 214 valence electrons. The fourth-order valence-electron chi connectivity index (χ4n) is 4.19. The van der Waals surface area contributed by atoms with Crippen LogP contribution in [0, 0.1) is 10.1 Å². The van der Waals surface area contributed by atoms with Gasteiger partial charge in [0.25, 0.3) is 5.69 Å². The maximum Gasteiger partial charge on any atom is 0.269 e. The lowest BCUT2D eigenvalue weighted by molar-refractivity contribution is -0.384. The Morgan fingerprint density at radius 3 is 2.47 bits per heavy atom. The number of rotatable bonds is 10. The van der Waals surface area contributed by atoms with Crippen molar-refractivity contribution in [2.75, 3.05) is 11.1 Å². The number of nitrogens with zero attached hydrogens (tertiary/aromatic N) is 5. The number of nitro benzene ring substituents is 1. The summed E-state index contributed by atoms with van der Waals surface area (Å²) in [5.41, 5.74) is 4.32. The number of para-hydroxylation sites is 1. The Balaban J connectivity index is 1.11. The van der Waals surface area contributed by atoms with E-state index in [-0.39, 0.29) is 17.3 Å². The van der Waals surface area contributed by atoms with Gasteiger partial charge in [-0.2, -0.15) is 0 Å². The Morgan fingerprint density at radius 1 is 0.953 bits per heavy atom. The summed E-state index contributed by atoms with van der Waals surface area (Å²) in [6.07, 6.45) is 0. The third-order valence-corrected chi connectivity index (χ3v) is 9.66. The van der Waals surface area contributed by atoms with Crippen LogP contribution in [-0.2, 0) is 10.5 Å². The fraction of sp³-hybridized carbons (Fsp3) is 0.0667. The molecule has 0 aliphatic heterocycles. The first-order chi connectivity index (χ1) is 20.9. The maximum absolute atomic E-state index is 13.0. The third-order valence-electron chi connectivity index (χ3n) is 6.24. The molecule has 0 bridgehead atoms. The second kappa shape index (κ2) is 13.0. The summed E-state index contributed by atoms with van der Waals surface area (Å²) in [5.74, 6) is 1.27. The first kappa shape index (κ1) is 28.9. The highest BCUT2D eigenvalue weighted by Crippen LogP contribution is 2.34. The van der Waals surface area contributed by atoms with E-state index in [2.05, 4.69) is 20.5 Å². The minimum Gasteiger partial charge on any atom is -0.325 e. The van der Waals surface area contributed by atoms with Crippen molar-refractivity contribution < 1.29 is 9.72 Å². The normalized spacial score (nSPS) is 11.1. The van der Waals surface area contributed by atoms with E-state index in [1.807, 2.05) is 77.4 Å². The number of thiazole rings is 1. The van der Waals surface area contributed by atoms with Crippen LogP contribution in [0.4, 0.5) is 11.4 Å². The zero-order valence-electron chi connectivity index (χ0n) is 22.2. The first-order valence-corrected chi connectivity index (χ1v) is 16.1. The number of fused-ring (bicyclic) bond motifs is 1. The Labute approximate surface area is 263 Å². The van der Waals surface area contributed by atoms with E-state index in [0.29, 0.717) is 27.4 Å². The SMILES string of the molecule is O=C(CSc1nnc(-c2ccc(Cl)cc2)n1-c1ccccc1)Nc1ccc2nc(SCc3ccc([N+](=O)[O-])cc3)sc2c1. The predicted molar refractivity (Wildman–Crippen MR) is 173 cm³/mol. The summed E-state index contributed by atoms with van der Waals surface area (Å²) in [6.45, 7) is 0. The maximum atomic E-state index is 13.0. The minimum atomic E-state index is -0.408. The number of nitro groups is 1. The Morgan fingerprint density at radius 2 is 1.72 bits per heavy atom. The number of thioether (sulfide) groups is 2. The van der Waals surface area contributed by atoms with Crippen molar-refractivity contribution in [2.24, 2.45) is 0 Å². The van der Waals surface area contributed by atoms with Crippen LogP contribution in [0.2, 0.25) is 5.02 Å². The number of hydrogen-bond acceptors (Lipinski definition) is 9. The smallest absolute Gasteiger partial charge is 0.269 e. The zero-order valence-corrected chi connectivity index (χ0v) is 25.4. The van der Waals surface area contributed by atoms with Crippen LogP contribution in [0.1, 0.15) is 5.56 Å². The minimum absolute atomic E-state index is 0.0717. The van der Waals surface area contributed by atoms with Gasteiger partial charge in [-0.15, -0.1) is 21.5 Å². The van der Waals surface area contributed by atoms with Crippen molar-refractivity contribution in [1.82, 2.24) is 19.7 Å². The first-order valence-electron chi connectivity index (χ1n) is 12.9. The van der Waals surface area contributed by atoms with Gasteiger partial charge in [0, 0.05) is 39.8 Å². The lowest BCUT2D eigenvalue weighted by atomic mass is 10.2. The van der Waals surface area contributed by atoms with Gasteiger partial charge in [-0.1, -0.05) is 65.5 Å². The van der Waals surface area contributed by atoms with E-state index < -0.39 is 4.92 Å². The molecule has 2 aromatic heterocycles. The van der Waals surface area contributed by atoms with Crippen molar-refractivity contribution in [2.45, 2.75) is 15.2 Å².